The molecule has 1 unspecified atom stereocenters. The zero-order chi connectivity index (χ0) is 15.2. The minimum Gasteiger partial charge on any atom is -0.481 e. The van der Waals surface area contributed by atoms with Crippen LogP contribution in [0.25, 0.3) is 11.5 Å². The first kappa shape index (κ1) is 15.2. The van der Waals surface area contributed by atoms with E-state index in [1.54, 1.807) is 0 Å². The molecule has 0 aliphatic heterocycles. The lowest BCUT2D eigenvalue weighted by molar-refractivity contribution is -0.138. The highest BCUT2D eigenvalue weighted by Gasteiger charge is 2.18. The number of aliphatic carboxylic acids is 1. The molecule has 0 bridgehead atoms. The number of rotatable bonds is 7. The number of benzene rings is 1. The highest BCUT2D eigenvalue weighted by Crippen LogP contribution is 2.17. The van der Waals surface area contributed by atoms with E-state index in [1.807, 2.05) is 49.1 Å². The Balaban J connectivity index is 2.05. The van der Waals surface area contributed by atoms with E-state index in [-0.39, 0.29) is 12.5 Å². The van der Waals surface area contributed by atoms with Crippen LogP contribution in [0.2, 0.25) is 0 Å². The van der Waals surface area contributed by atoms with Gasteiger partial charge in [-0.05, 0) is 25.6 Å². The molecule has 2 aromatic rings. The van der Waals surface area contributed by atoms with Crippen LogP contribution in [0, 0.1) is 0 Å². The van der Waals surface area contributed by atoms with Gasteiger partial charge in [-0.2, -0.15) is 4.98 Å². The lowest BCUT2D eigenvalue weighted by atomic mass is 10.2. The summed E-state index contributed by atoms with van der Waals surface area (Å²) in [5.41, 5.74) is 0.873. The summed E-state index contributed by atoms with van der Waals surface area (Å²) >= 11 is 0. The van der Waals surface area contributed by atoms with E-state index in [4.69, 9.17) is 9.63 Å². The van der Waals surface area contributed by atoms with Gasteiger partial charge in [-0.25, -0.2) is 0 Å². The Bertz CT molecular complexity index is 583. The van der Waals surface area contributed by atoms with Crippen LogP contribution in [0.1, 0.15) is 26.1 Å². The Morgan fingerprint density at radius 3 is 2.71 bits per heavy atom. The SMILES string of the molecule is CCN(Cc1noc(-c2ccccc2)n1)C(C)CC(=O)O. The summed E-state index contributed by atoms with van der Waals surface area (Å²) in [5, 5.41) is 12.8. The van der Waals surface area contributed by atoms with Gasteiger partial charge in [0.1, 0.15) is 0 Å². The second-order valence-electron chi connectivity index (χ2n) is 4.89. The van der Waals surface area contributed by atoms with Crippen LogP contribution in [-0.2, 0) is 11.3 Å². The number of aromatic nitrogens is 2. The molecule has 2 rings (SSSR count). The van der Waals surface area contributed by atoms with Gasteiger partial charge in [0.2, 0.25) is 0 Å². The van der Waals surface area contributed by atoms with E-state index in [2.05, 4.69) is 10.1 Å². The van der Waals surface area contributed by atoms with Crippen molar-refractivity contribution in [3.8, 4) is 11.5 Å². The van der Waals surface area contributed by atoms with Crippen molar-refractivity contribution in [3.63, 3.8) is 0 Å². The molecular weight excluding hydrogens is 270 g/mol. The van der Waals surface area contributed by atoms with Gasteiger partial charge in [0, 0.05) is 11.6 Å². The summed E-state index contributed by atoms with van der Waals surface area (Å²) in [5.74, 6) is 0.236. The van der Waals surface area contributed by atoms with Crippen molar-refractivity contribution in [3.05, 3.63) is 36.2 Å². The second-order valence-corrected chi connectivity index (χ2v) is 4.89. The number of carbonyl (C=O) groups is 1. The molecule has 1 heterocycles. The predicted octanol–water partition coefficient (Wildman–Crippen LogP) is 2.42. The Morgan fingerprint density at radius 1 is 1.38 bits per heavy atom. The first-order chi connectivity index (χ1) is 10.1. The molecule has 0 fully saturated rings. The minimum absolute atomic E-state index is 0.0776. The van der Waals surface area contributed by atoms with Crippen molar-refractivity contribution >= 4 is 5.97 Å². The third-order valence-electron chi connectivity index (χ3n) is 3.33. The molecule has 1 atom stereocenters. The Hall–Kier alpha value is -2.21. The largest absolute Gasteiger partial charge is 0.481 e. The number of hydrogen-bond donors (Lipinski definition) is 1. The minimum atomic E-state index is -0.806. The fourth-order valence-electron chi connectivity index (χ4n) is 2.16. The summed E-state index contributed by atoms with van der Waals surface area (Å²) in [4.78, 5) is 17.2. The highest BCUT2D eigenvalue weighted by molar-refractivity contribution is 5.67. The van der Waals surface area contributed by atoms with Crippen molar-refractivity contribution in [2.24, 2.45) is 0 Å². The zero-order valence-corrected chi connectivity index (χ0v) is 12.2. The van der Waals surface area contributed by atoms with E-state index in [0.717, 1.165) is 12.1 Å². The van der Waals surface area contributed by atoms with E-state index < -0.39 is 5.97 Å². The maximum atomic E-state index is 10.8. The van der Waals surface area contributed by atoms with Crippen LogP contribution in [0.15, 0.2) is 34.9 Å². The molecule has 0 spiro atoms. The van der Waals surface area contributed by atoms with Crippen molar-refractivity contribution < 1.29 is 14.4 Å². The number of carboxylic acids is 1. The Morgan fingerprint density at radius 2 is 2.10 bits per heavy atom. The number of nitrogens with zero attached hydrogens (tertiary/aromatic N) is 3. The van der Waals surface area contributed by atoms with Gasteiger partial charge in [0.05, 0.1) is 13.0 Å². The molecule has 1 N–H and O–H groups in total. The van der Waals surface area contributed by atoms with Crippen LogP contribution in [0.5, 0.6) is 0 Å². The summed E-state index contributed by atoms with van der Waals surface area (Å²) in [7, 11) is 0. The predicted molar refractivity (Wildman–Crippen MR) is 77.5 cm³/mol. The Labute approximate surface area is 123 Å². The number of hydrogen-bond acceptors (Lipinski definition) is 5. The van der Waals surface area contributed by atoms with Crippen LogP contribution in [0.4, 0.5) is 0 Å². The molecule has 0 saturated heterocycles. The maximum Gasteiger partial charge on any atom is 0.304 e. The second kappa shape index (κ2) is 6.99. The van der Waals surface area contributed by atoms with Crippen molar-refractivity contribution in [1.82, 2.24) is 15.0 Å². The quantitative estimate of drug-likeness (QED) is 0.843. The molecule has 1 aromatic carbocycles. The smallest absolute Gasteiger partial charge is 0.304 e. The van der Waals surface area contributed by atoms with Crippen molar-refractivity contribution in [2.75, 3.05) is 6.54 Å². The standard InChI is InChI=1S/C15H19N3O3/c1-3-18(11(2)9-14(19)20)10-13-16-15(21-17-13)12-7-5-4-6-8-12/h4-8,11H,3,9-10H2,1-2H3,(H,19,20). The molecule has 0 radical (unpaired) electrons. The van der Waals surface area contributed by atoms with Gasteiger partial charge in [0.25, 0.3) is 5.89 Å². The van der Waals surface area contributed by atoms with Crippen LogP contribution in [0.3, 0.4) is 0 Å². The molecule has 0 aliphatic carbocycles. The summed E-state index contributed by atoms with van der Waals surface area (Å²) < 4.78 is 5.25. The number of carboxylic acid groups (broad SMARTS) is 1. The zero-order valence-electron chi connectivity index (χ0n) is 12.2. The van der Waals surface area contributed by atoms with Gasteiger partial charge in [-0.1, -0.05) is 30.3 Å². The average molecular weight is 289 g/mol. The molecule has 0 amide bonds. The molecule has 0 saturated carbocycles. The maximum absolute atomic E-state index is 10.8. The van der Waals surface area contributed by atoms with E-state index in [0.29, 0.717) is 18.3 Å². The first-order valence-electron chi connectivity index (χ1n) is 6.94. The summed E-state index contributed by atoms with van der Waals surface area (Å²) in [6.45, 7) is 5.07. The van der Waals surface area contributed by atoms with Crippen LogP contribution in [-0.4, -0.2) is 38.7 Å². The molecular formula is C15H19N3O3. The topological polar surface area (TPSA) is 79.5 Å². The normalized spacial score (nSPS) is 12.5. The average Bonchev–Trinajstić information content (AvgIpc) is 2.93. The monoisotopic (exact) mass is 289 g/mol. The third kappa shape index (κ3) is 4.13. The van der Waals surface area contributed by atoms with Crippen molar-refractivity contribution in [1.29, 1.82) is 0 Å². The molecule has 112 valence electrons. The van der Waals surface area contributed by atoms with Gasteiger partial charge >= 0.3 is 5.97 Å². The first-order valence-corrected chi connectivity index (χ1v) is 6.94. The fraction of sp³-hybridized carbons (Fsp3) is 0.400. The van der Waals surface area contributed by atoms with Gasteiger partial charge in [0.15, 0.2) is 5.82 Å². The van der Waals surface area contributed by atoms with Gasteiger partial charge in [-0.15, -0.1) is 0 Å². The Kier molecular flexibility index (Phi) is 5.05. The van der Waals surface area contributed by atoms with Crippen molar-refractivity contribution in [2.45, 2.75) is 32.9 Å². The molecule has 0 aliphatic rings. The summed E-state index contributed by atoms with van der Waals surface area (Å²) in [6, 6.07) is 9.47. The lowest BCUT2D eigenvalue weighted by Gasteiger charge is -2.24. The van der Waals surface area contributed by atoms with Gasteiger partial charge < -0.3 is 9.63 Å². The summed E-state index contributed by atoms with van der Waals surface area (Å²) in [6.07, 6.45) is 0.0945. The lowest BCUT2D eigenvalue weighted by Crippen LogP contribution is -2.34. The van der Waals surface area contributed by atoms with Crippen LogP contribution < -0.4 is 0 Å². The molecule has 21 heavy (non-hydrogen) atoms. The van der Waals surface area contributed by atoms with Gasteiger partial charge in [-0.3, -0.25) is 9.69 Å². The highest BCUT2D eigenvalue weighted by atomic mass is 16.5. The molecule has 6 heteroatoms. The van der Waals surface area contributed by atoms with Crippen LogP contribution >= 0.6 is 0 Å². The fourth-order valence-corrected chi connectivity index (χ4v) is 2.16. The van der Waals surface area contributed by atoms with E-state index in [1.165, 1.54) is 0 Å². The third-order valence-corrected chi connectivity index (χ3v) is 3.33. The molecule has 6 nitrogen and oxygen atoms in total. The van der Waals surface area contributed by atoms with E-state index in [9.17, 15) is 4.79 Å². The van der Waals surface area contributed by atoms with E-state index >= 15 is 0 Å². The molecule has 1 aromatic heterocycles.